The molecule has 21 heavy (non-hydrogen) atoms. The van der Waals surface area contributed by atoms with E-state index in [0.29, 0.717) is 17.9 Å². The van der Waals surface area contributed by atoms with Crippen LogP contribution in [0.1, 0.15) is 18.3 Å². The van der Waals surface area contributed by atoms with E-state index in [4.69, 9.17) is 16.7 Å². The van der Waals surface area contributed by atoms with Gasteiger partial charge in [0.1, 0.15) is 12.2 Å². The van der Waals surface area contributed by atoms with Gasteiger partial charge in [-0.25, -0.2) is 13.1 Å². The molecular formula is C12H15ClN4O3S. The Kier molecular flexibility index (Phi) is 4.94. The first kappa shape index (κ1) is 15.9. The second kappa shape index (κ2) is 6.52. The van der Waals surface area contributed by atoms with E-state index in [1.54, 1.807) is 4.57 Å². The van der Waals surface area contributed by atoms with E-state index in [-0.39, 0.29) is 23.1 Å². The summed E-state index contributed by atoms with van der Waals surface area (Å²) < 4.78 is 28.6. The molecule has 0 aliphatic heterocycles. The average molecular weight is 331 g/mol. The largest absolute Gasteiger partial charge is 0.392 e. The third-order valence-electron chi connectivity index (χ3n) is 2.96. The quantitative estimate of drug-likeness (QED) is 0.821. The highest BCUT2D eigenvalue weighted by Gasteiger charge is 2.16. The number of aliphatic hydroxyl groups excluding tert-OH is 1. The normalized spacial score (nSPS) is 11.8. The predicted molar refractivity (Wildman–Crippen MR) is 77.1 cm³/mol. The second-order valence-corrected chi connectivity index (χ2v) is 6.44. The molecule has 0 fully saturated rings. The molecule has 0 spiro atoms. The summed E-state index contributed by atoms with van der Waals surface area (Å²) >= 11 is 5.90. The zero-order chi connectivity index (χ0) is 15.5. The Morgan fingerprint density at radius 3 is 2.81 bits per heavy atom. The smallest absolute Gasteiger partial charge is 0.241 e. The molecule has 7 nitrogen and oxygen atoms in total. The summed E-state index contributed by atoms with van der Waals surface area (Å²) in [5.41, 5.74) is 0.473. The van der Waals surface area contributed by atoms with Gasteiger partial charge in [0, 0.05) is 11.6 Å². The average Bonchev–Trinajstić information content (AvgIpc) is 2.92. The molecule has 2 aromatic rings. The predicted octanol–water partition coefficient (Wildman–Crippen LogP) is 0.922. The van der Waals surface area contributed by atoms with Gasteiger partial charge in [-0.3, -0.25) is 0 Å². The Labute approximate surface area is 127 Å². The number of hydrogen-bond acceptors (Lipinski definition) is 5. The molecule has 114 valence electrons. The first-order valence-corrected chi connectivity index (χ1v) is 8.09. The van der Waals surface area contributed by atoms with Crippen LogP contribution >= 0.6 is 11.6 Å². The van der Waals surface area contributed by atoms with E-state index >= 15 is 0 Å². The Morgan fingerprint density at radius 2 is 2.19 bits per heavy atom. The van der Waals surface area contributed by atoms with E-state index in [1.807, 2.05) is 6.92 Å². The van der Waals surface area contributed by atoms with Crippen molar-refractivity contribution in [2.45, 2.75) is 31.5 Å². The van der Waals surface area contributed by atoms with Gasteiger partial charge in [-0.05, 0) is 24.6 Å². The minimum atomic E-state index is -3.71. The molecule has 0 saturated heterocycles. The number of aromatic nitrogens is 3. The van der Waals surface area contributed by atoms with Crippen molar-refractivity contribution in [2.75, 3.05) is 0 Å². The molecule has 0 saturated carbocycles. The minimum Gasteiger partial charge on any atom is -0.392 e. The van der Waals surface area contributed by atoms with Gasteiger partial charge in [0.15, 0.2) is 0 Å². The molecule has 2 rings (SSSR count). The van der Waals surface area contributed by atoms with Crippen LogP contribution in [0.3, 0.4) is 0 Å². The minimum absolute atomic E-state index is 0.0345. The fraction of sp³-hybridized carbons (Fsp3) is 0.333. The molecule has 9 heteroatoms. The van der Waals surface area contributed by atoms with Crippen LogP contribution in [-0.4, -0.2) is 28.3 Å². The zero-order valence-corrected chi connectivity index (χ0v) is 12.9. The summed E-state index contributed by atoms with van der Waals surface area (Å²) in [5.74, 6) is 0.527. The van der Waals surface area contributed by atoms with Crippen LogP contribution < -0.4 is 4.72 Å². The highest BCUT2D eigenvalue weighted by molar-refractivity contribution is 7.89. The lowest BCUT2D eigenvalue weighted by Crippen LogP contribution is -2.25. The number of benzene rings is 1. The molecule has 0 bridgehead atoms. The van der Waals surface area contributed by atoms with E-state index in [9.17, 15) is 8.42 Å². The van der Waals surface area contributed by atoms with Gasteiger partial charge < -0.3 is 9.67 Å². The lowest BCUT2D eigenvalue weighted by molar-refractivity contribution is 0.282. The Balaban J connectivity index is 2.17. The van der Waals surface area contributed by atoms with Crippen molar-refractivity contribution in [3.63, 3.8) is 0 Å². The maximum atomic E-state index is 12.2. The van der Waals surface area contributed by atoms with E-state index < -0.39 is 10.0 Å². The van der Waals surface area contributed by atoms with Crippen molar-refractivity contribution in [3.8, 4) is 0 Å². The standard InChI is InChI=1S/C12H15ClN4O3S/c1-2-17-8-14-16-12(17)6-15-21(19,20)10-4-3-9(7-18)11(13)5-10/h3-5,8,15,18H,2,6-7H2,1H3. The first-order chi connectivity index (χ1) is 9.97. The number of hydrogen-bond donors (Lipinski definition) is 2. The van der Waals surface area contributed by atoms with Crippen molar-refractivity contribution >= 4 is 21.6 Å². The third kappa shape index (κ3) is 3.59. The van der Waals surface area contributed by atoms with Crippen molar-refractivity contribution in [3.05, 3.63) is 40.9 Å². The zero-order valence-electron chi connectivity index (χ0n) is 11.3. The first-order valence-electron chi connectivity index (χ1n) is 6.23. The van der Waals surface area contributed by atoms with Gasteiger partial charge in [0.05, 0.1) is 18.0 Å². The molecule has 0 aliphatic carbocycles. The number of nitrogens with zero attached hydrogens (tertiary/aromatic N) is 3. The molecule has 0 unspecified atom stereocenters. The Morgan fingerprint density at radius 1 is 1.43 bits per heavy atom. The molecule has 0 amide bonds. The Bertz CT molecular complexity index is 730. The summed E-state index contributed by atoms with van der Waals surface area (Å²) in [6.45, 7) is 2.36. The van der Waals surface area contributed by atoms with Crippen LogP contribution in [0.25, 0.3) is 0 Å². The van der Waals surface area contributed by atoms with E-state index in [0.717, 1.165) is 0 Å². The van der Waals surface area contributed by atoms with Crippen LogP contribution in [0.15, 0.2) is 29.4 Å². The lowest BCUT2D eigenvalue weighted by atomic mass is 10.2. The van der Waals surface area contributed by atoms with Crippen molar-refractivity contribution in [1.29, 1.82) is 0 Å². The topological polar surface area (TPSA) is 97.1 Å². The van der Waals surface area contributed by atoms with Gasteiger partial charge in [0.25, 0.3) is 0 Å². The van der Waals surface area contributed by atoms with Crippen molar-refractivity contribution < 1.29 is 13.5 Å². The second-order valence-electron chi connectivity index (χ2n) is 4.27. The van der Waals surface area contributed by atoms with Crippen LogP contribution in [-0.2, 0) is 29.7 Å². The summed E-state index contributed by atoms with van der Waals surface area (Å²) in [7, 11) is -3.71. The molecule has 2 N–H and O–H groups in total. The third-order valence-corrected chi connectivity index (χ3v) is 4.71. The summed E-state index contributed by atoms with van der Waals surface area (Å²) in [6.07, 6.45) is 1.54. The highest BCUT2D eigenvalue weighted by atomic mass is 35.5. The Hall–Kier alpha value is -1.48. The van der Waals surface area contributed by atoms with Crippen LogP contribution in [0.2, 0.25) is 5.02 Å². The lowest BCUT2D eigenvalue weighted by Gasteiger charge is -2.09. The fourth-order valence-electron chi connectivity index (χ4n) is 1.75. The van der Waals surface area contributed by atoms with Gasteiger partial charge in [0.2, 0.25) is 10.0 Å². The van der Waals surface area contributed by atoms with Gasteiger partial charge in [-0.15, -0.1) is 10.2 Å². The van der Waals surface area contributed by atoms with E-state index in [1.165, 1.54) is 24.5 Å². The van der Waals surface area contributed by atoms with Crippen molar-refractivity contribution in [1.82, 2.24) is 19.5 Å². The molecule has 1 aromatic heterocycles. The molecular weight excluding hydrogens is 316 g/mol. The maximum absolute atomic E-state index is 12.2. The molecule has 1 aromatic carbocycles. The molecule has 1 heterocycles. The maximum Gasteiger partial charge on any atom is 0.241 e. The SMILES string of the molecule is CCn1cnnc1CNS(=O)(=O)c1ccc(CO)c(Cl)c1. The number of rotatable bonds is 6. The van der Waals surface area contributed by atoms with Crippen LogP contribution in [0, 0.1) is 0 Å². The van der Waals surface area contributed by atoms with Gasteiger partial charge in [-0.1, -0.05) is 17.7 Å². The number of sulfonamides is 1. The van der Waals surface area contributed by atoms with Gasteiger partial charge >= 0.3 is 0 Å². The molecule has 0 atom stereocenters. The van der Waals surface area contributed by atoms with Crippen LogP contribution in [0.4, 0.5) is 0 Å². The van der Waals surface area contributed by atoms with Crippen LogP contribution in [0.5, 0.6) is 0 Å². The van der Waals surface area contributed by atoms with Crippen molar-refractivity contribution in [2.24, 2.45) is 0 Å². The summed E-state index contributed by atoms with van der Waals surface area (Å²) in [5, 5.41) is 16.8. The number of aliphatic hydroxyl groups is 1. The molecule has 0 radical (unpaired) electrons. The molecule has 0 aliphatic rings. The summed E-state index contributed by atoms with van der Waals surface area (Å²) in [6, 6.07) is 4.18. The number of halogens is 1. The fourth-order valence-corrected chi connectivity index (χ4v) is 3.06. The summed E-state index contributed by atoms with van der Waals surface area (Å²) in [4.78, 5) is 0.0345. The number of nitrogens with one attached hydrogen (secondary N) is 1. The number of aryl methyl sites for hydroxylation is 1. The monoisotopic (exact) mass is 330 g/mol. The van der Waals surface area contributed by atoms with E-state index in [2.05, 4.69) is 14.9 Å². The highest BCUT2D eigenvalue weighted by Crippen LogP contribution is 2.20. The van der Waals surface area contributed by atoms with Gasteiger partial charge in [-0.2, -0.15) is 0 Å².